The number of amides is 2. The fourth-order valence-electron chi connectivity index (χ4n) is 3.15. The maximum atomic E-state index is 13.2. The first-order valence-electron chi connectivity index (χ1n) is 9.47. The summed E-state index contributed by atoms with van der Waals surface area (Å²) < 4.78 is 13.2. The lowest BCUT2D eigenvalue weighted by atomic mass is 10.1. The molecule has 2 amide bonds. The number of fused-ring (bicyclic) bond motifs is 1. The molecule has 0 fully saturated rings. The van der Waals surface area contributed by atoms with Gasteiger partial charge in [-0.05, 0) is 35.4 Å². The van der Waals surface area contributed by atoms with Crippen LogP contribution in [0.15, 0.2) is 94.7 Å². The number of carbonyl (C=O) groups is 2. The quantitative estimate of drug-likeness (QED) is 0.613. The molecule has 6 heteroatoms. The van der Waals surface area contributed by atoms with Gasteiger partial charge in [-0.1, -0.05) is 66.4 Å². The van der Waals surface area contributed by atoms with E-state index in [9.17, 15) is 14.0 Å². The van der Waals surface area contributed by atoms with Crippen molar-refractivity contribution in [1.29, 1.82) is 0 Å². The minimum absolute atomic E-state index is 0.252. The first-order valence-corrected chi connectivity index (χ1v) is 10.3. The van der Waals surface area contributed by atoms with Gasteiger partial charge in [0, 0.05) is 17.5 Å². The van der Waals surface area contributed by atoms with Gasteiger partial charge in [-0.3, -0.25) is 9.59 Å². The molecule has 0 saturated heterocycles. The second-order valence-corrected chi connectivity index (χ2v) is 7.88. The summed E-state index contributed by atoms with van der Waals surface area (Å²) in [5.74, 6) is -0.899. The first kappa shape index (κ1) is 19.9. The Morgan fingerprint density at radius 2 is 1.63 bits per heavy atom. The van der Waals surface area contributed by atoms with E-state index < -0.39 is 0 Å². The van der Waals surface area contributed by atoms with Crippen molar-refractivity contribution in [2.75, 3.05) is 4.90 Å². The van der Waals surface area contributed by atoms with Gasteiger partial charge in [-0.25, -0.2) is 4.39 Å². The van der Waals surface area contributed by atoms with Crippen LogP contribution in [0.25, 0.3) is 0 Å². The van der Waals surface area contributed by atoms with Crippen molar-refractivity contribution in [2.45, 2.75) is 18.0 Å². The topological polar surface area (TPSA) is 49.4 Å². The standard InChI is InChI=1S/C24H19FN2O2S/c25-19-12-10-18(11-13-19)16-27-20-8-4-5-9-21(20)30-22(24(27)29)14-23(28)26-15-17-6-2-1-3-7-17/h1-14H,15-16H2,(H,26,28). The van der Waals surface area contributed by atoms with Gasteiger partial charge >= 0.3 is 0 Å². The number of carbonyl (C=O) groups excluding carboxylic acids is 2. The van der Waals surface area contributed by atoms with Crippen LogP contribution in [0, 0.1) is 5.82 Å². The highest BCUT2D eigenvalue weighted by Gasteiger charge is 2.29. The van der Waals surface area contributed by atoms with Gasteiger partial charge in [0.25, 0.3) is 5.91 Å². The van der Waals surface area contributed by atoms with Crippen molar-refractivity contribution < 1.29 is 14.0 Å². The van der Waals surface area contributed by atoms with Crippen molar-refractivity contribution in [3.8, 4) is 0 Å². The molecule has 0 aromatic heterocycles. The molecule has 0 aliphatic carbocycles. The number of thioether (sulfide) groups is 1. The zero-order valence-electron chi connectivity index (χ0n) is 16.0. The van der Waals surface area contributed by atoms with Crippen molar-refractivity contribution >= 4 is 29.3 Å². The van der Waals surface area contributed by atoms with Gasteiger partial charge in [-0.15, -0.1) is 0 Å². The molecule has 0 atom stereocenters. The summed E-state index contributed by atoms with van der Waals surface area (Å²) in [6, 6.07) is 23.2. The number of nitrogens with one attached hydrogen (secondary N) is 1. The minimum Gasteiger partial charge on any atom is -0.348 e. The number of hydrogen-bond acceptors (Lipinski definition) is 3. The molecular weight excluding hydrogens is 399 g/mol. The summed E-state index contributed by atoms with van der Waals surface area (Å²) in [6.07, 6.45) is 1.35. The lowest BCUT2D eigenvalue weighted by Crippen LogP contribution is -2.34. The Kier molecular flexibility index (Phi) is 5.95. The fourth-order valence-corrected chi connectivity index (χ4v) is 4.18. The van der Waals surface area contributed by atoms with Crippen molar-refractivity contribution in [1.82, 2.24) is 5.32 Å². The summed E-state index contributed by atoms with van der Waals surface area (Å²) in [4.78, 5) is 28.4. The lowest BCUT2D eigenvalue weighted by Gasteiger charge is -2.30. The summed E-state index contributed by atoms with van der Waals surface area (Å²) in [5.41, 5.74) is 2.56. The third-order valence-corrected chi connectivity index (χ3v) is 5.74. The fraction of sp³-hybridized carbons (Fsp3) is 0.0833. The van der Waals surface area contributed by atoms with E-state index in [4.69, 9.17) is 0 Å². The van der Waals surface area contributed by atoms with Crippen LogP contribution in [0.4, 0.5) is 10.1 Å². The molecule has 3 aromatic carbocycles. The molecule has 0 unspecified atom stereocenters. The Morgan fingerprint density at radius 1 is 0.933 bits per heavy atom. The first-order chi connectivity index (χ1) is 14.6. The number of benzene rings is 3. The summed E-state index contributed by atoms with van der Waals surface area (Å²) in [5, 5.41) is 2.82. The van der Waals surface area contributed by atoms with Crippen LogP contribution in [0.3, 0.4) is 0 Å². The van der Waals surface area contributed by atoms with E-state index in [2.05, 4.69) is 5.32 Å². The van der Waals surface area contributed by atoms with Crippen LogP contribution in [0.2, 0.25) is 0 Å². The van der Waals surface area contributed by atoms with E-state index >= 15 is 0 Å². The van der Waals surface area contributed by atoms with Gasteiger partial charge in [-0.2, -0.15) is 0 Å². The average Bonchev–Trinajstić information content (AvgIpc) is 2.77. The van der Waals surface area contributed by atoms with Crippen LogP contribution in [0.5, 0.6) is 0 Å². The number of nitrogens with zero attached hydrogens (tertiary/aromatic N) is 1. The van der Waals surface area contributed by atoms with Crippen molar-refractivity contribution in [3.63, 3.8) is 0 Å². The molecule has 1 N–H and O–H groups in total. The average molecular weight is 418 g/mol. The monoisotopic (exact) mass is 418 g/mol. The van der Waals surface area contributed by atoms with E-state index in [0.29, 0.717) is 18.0 Å². The summed E-state index contributed by atoms with van der Waals surface area (Å²) in [6.45, 7) is 0.678. The molecule has 3 aromatic rings. The van der Waals surface area contributed by atoms with E-state index in [-0.39, 0.29) is 17.6 Å². The van der Waals surface area contributed by atoms with Gasteiger partial charge in [0.2, 0.25) is 5.91 Å². The minimum atomic E-state index is -0.324. The molecule has 1 aliphatic heterocycles. The van der Waals surface area contributed by atoms with E-state index in [1.165, 1.54) is 30.0 Å². The van der Waals surface area contributed by atoms with Crippen LogP contribution < -0.4 is 10.2 Å². The molecule has 0 saturated carbocycles. The molecule has 0 bridgehead atoms. The van der Waals surface area contributed by atoms with Gasteiger partial charge in [0.15, 0.2) is 0 Å². The van der Waals surface area contributed by atoms with E-state index in [1.807, 2.05) is 54.6 Å². The van der Waals surface area contributed by atoms with Gasteiger partial charge in [0.1, 0.15) is 5.82 Å². The van der Waals surface area contributed by atoms with Crippen molar-refractivity contribution in [2.24, 2.45) is 0 Å². The molecule has 1 aliphatic rings. The third kappa shape index (κ3) is 4.60. The van der Waals surface area contributed by atoms with Crippen molar-refractivity contribution in [3.05, 3.63) is 107 Å². The third-order valence-electron chi connectivity index (χ3n) is 4.66. The molecule has 0 radical (unpaired) electrons. The van der Waals surface area contributed by atoms with E-state index in [1.54, 1.807) is 17.0 Å². The summed E-state index contributed by atoms with van der Waals surface area (Å²) in [7, 11) is 0. The molecule has 150 valence electrons. The van der Waals surface area contributed by atoms with Gasteiger partial charge in [0.05, 0.1) is 17.1 Å². The SMILES string of the molecule is O=C(C=C1Sc2ccccc2N(Cc2ccc(F)cc2)C1=O)NCc1ccccc1. The highest BCUT2D eigenvalue weighted by atomic mass is 32.2. The largest absolute Gasteiger partial charge is 0.348 e. The zero-order chi connectivity index (χ0) is 20.9. The number of anilines is 1. The van der Waals surface area contributed by atoms with E-state index in [0.717, 1.165) is 21.7 Å². The molecule has 30 heavy (non-hydrogen) atoms. The smallest absolute Gasteiger partial charge is 0.265 e. The van der Waals surface area contributed by atoms with Crippen LogP contribution in [0.1, 0.15) is 11.1 Å². The Morgan fingerprint density at radius 3 is 2.40 bits per heavy atom. The normalized spacial score (nSPS) is 14.5. The van der Waals surface area contributed by atoms with Crippen LogP contribution in [-0.4, -0.2) is 11.8 Å². The number of hydrogen-bond donors (Lipinski definition) is 1. The second kappa shape index (κ2) is 8.97. The number of para-hydroxylation sites is 1. The maximum Gasteiger partial charge on any atom is 0.265 e. The highest BCUT2D eigenvalue weighted by Crippen LogP contribution is 2.41. The Labute approximate surface area is 178 Å². The zero-order valence-corrected chi connectivity index (χ0v) is 16.9. The maximum absolute atomic E-state index is 13.2. The Hall–Kier alpha value is -3.38. The molecule has 4 nitrogen and oxygen atoms in total. The molecular formula is C24H19FN2O2S. The van der Waals surface area contributed by atoms with Gasteiger partial charge < -0.3 is 10.2 Å². The second-order valence-electron chi connectivity index (χ2n) is 6.80. The Bertz CT molecular complexity index is 1100. The van der Waals surface area contributed by atoms with Crippen LogP contribution in [-0.2, 0) is 22.7 Å². The summed E-state index contributed by atoms with van der Waals surface area (Å²) >= 11 is 1.28. The highest BCUT2D eigenvalue weighted by molar-refractivity contribution is 8.04. The van der Waals surface area contributed by atoms with Crippen LogP contribution >= 0.6 is 11.8 Å². The molecule has 0 spiro atoms. The number of rotatable bonds is 5. The Balaban J connectivity index is 1.55. The lowest BCUT2D eigenvalue weighted by molar-refractivity contribution is -0.118. The predicted molar refractivity (Wildman–Crippen MR) is 116 cm³/mol. The molecule has 4 rings (SSSR count). The predicted octanol–water partition coefficient (Wildman–Crippen LogP) is 4.66. The number of halogens is 1. The molecule has 1 heterocycles.